The third-order valence-corrected chi connectivity index (χ3v) is 8.19. The molecule has 2 heterocycles. The van der Waals surface area contributed by atoms with E-state index in [1.165, 1.54) is 6.07 Å². The first-order valence-corrected chi connectivity index (χ1v) is 12.9. The number of aromatic nitrogens is 6. The summed E-state index contributed by atoms with van der Waals surface area (Å²) in [5.41, 5.74) is 12.8. The summed E-state index contributed by atoms with van der Waals surface area (Å²) in [4.78, 5) is 2.99. The van der Waals surface area contributed by atoms with Crippen molar-refractivity contribution >= 4 is 36.8 Å². The van der Waals surface area contributed by atoms with Gasteiger partial charge in [0.05, 0.1) is 33.3 Å². The Morgan fingerprint density at radius 1 is 1.15 bits per heavy atom. The highest BCUT2D eigenvalue weighted by Crippen LogP contribution is 2.41. The molecule has 8 N–H and O–H groups in total. The van der Waals surface area contributed by atoms with Crippen molar-refractivity contribution in [2.24, 2.45) is 17.9 Å². The fourth-order valence-electron chi connectivity index (χ4n) is 3.67. The molecule has 1 atom stereocenters. The van der Waals surface area contributed by atoms with Gasteiger partial charge >= 0.3 is 0 Å². The zero-order valence-corrected chi connectivity index (χ0v) is 19.4. The van der Waals surface area contributed by atoms with E-state index in [-0.39, 0.29) is 29.4 Å². The largest absolute Gasteiger partial charge is 0.391 e. The van der Waals surface area contributed by atoms with Crippen LogP contribution in [0.2, 0.25) is 0 Å². The van der Waals surface area contributed by atoms with Crippen LogP contribution >= 0.6 is 0 Å². The van der Waals surface area contributed by atoms with E-state index >= 15 is 0 Å². The van der Waals surface area contributed by atoms with Crippen LogP contribution in [0.1, 0.15) is 0 Å². The fraction of sp³-hybridized carbons (Fsp3) is 0.222. The van der Waals surface area contributed by atoms with E-state index in [1.54, 1.807) is 29.8 Å². The van der Waals surface area contributed by atoms with E-state index in [1.807, 2.05) is 0 Å². The van der Waals surface area contributed by atoms with Gasteiger partial charge in [0.1, 0.15) is 4.90 Å². The molecule has 4 rings (SSSR count). The van der Waals surface area contributed by atoms with E-state index in [0.29, 0.717) is 16.6 Å². The molecule has 0 spiro atoms. The number of aliphatic hydroxyl groups is 1. The maximum Gasteiger partial charge on any atom is 0.240 e. The molecule has 0 aliphatic rings. The molecule has 0 saturated heterocycles. The maximum atomic E-state index is 13.1. The lowest BCUT2D eigenvalue weighted by molar-refractivity contribution is 0.205. The number of aromatic amines is 1. The molecule has 0 aliphatic carbocycles. The fourth-order valence-corrected chi connectivity index (χ4v) is 6.71. The summed E-state index contributed by atoms with van der Waals surface area (Å²) in [6.45, 7) is -0.344. The van der Waals surface area contributed by atoms with Crippen molar-refractivity contribution in [3.8, 4) is 22.5 Å². The number of nitrogen functional groups attached to an aromatic ring is 1. The van der Waals surface area contributed by atoms with Crippen molar-refractivity contribution in [2.45, 2.75) is 15.9 Å². The smallest absolute Gasteiger partial charge is 0.240 e. The third kappa shape index (κ3) is 4.01. The third-order valence-electron chi connectivity index (χ3n) is 5.23. The maximum absolute atomic E-state index is 13.1. The molecular formula is C18H21N9O5S2. The molecule has 0 saturated carbocycles. The minimum absolute atomic E-state index is 0.198. The number of aliphatic hydroxyl groups excluding tert-OH is 1. The molecule has 180 valence electrons. The Hall–Kier alpha value is -3.44. The van der Waals surface area contributed by atoms with E-state index in [2.05, 4.69) is 25.6 Å². The Bertz CT molecular complexity index is 1600. The van der Waals surface area contributed by atoms with Gasteiger partial charge in [0.15, 0.2) is 9.84 Å². The van der Waals surface area contributed by atoms with Crippen LogP contribution < -0.4 is 16.6 Å². The number of nitrogens with zero attached hydrogens (tertiary/aromatic N) is 5. The molecule has 0 bridgehead atoms. The van der Waals surface area contributed by atoms with Gasteiger partial charge in [-0.25, -0.2) is 27.0 Å². The second-order valence-corrected chi connectivity index (χ2v) is 11.0. The van der Waals surface area contributed by atoms with Crippen molar-refractivity contribution in [3.05, 3.63) is 30.3 Å². The van der Waals surface area contributed by atoms with Gasteiger partial charge in [-0.05, 0) is 22.9 Å². The number of nitrogens with two attached hydrogens (primary N) is 3. The predicted octanol–water partition coefficient (Wildman–Crippen LogP) is -1.26. The lowest BCUT2D eigenvalue weighted by Gasteiger charge is -2.17. The van der Waals surface area contributed by atoms with E-state index in [0.717, 1.165) is 6.07 Å². The van der Waals surface area contributed by atoms with Gasteiger partial charge < -0.3 is 21.1 Å². The van der Waals surface area contributed by atoms with Crippen LogP contribution in [-0.2, 0) is 26.9 Å². The van der Waals surface area contributed by atoms with Gasteiger partial charge in [-0.1, -0.05) is 18.2 Å². The van der Waals surface area contributed by atoms with Crippen molar-refractivity contribution in [3.63, 3.8) is 0 Å². The number of imidazole rings is 1. The van der Waals surface area contributed by atoms with E-state index < -0.39 is 41.5 Å². The van der Waals surface area contributed by atoms with Crippen molar-refractivity contribution in [1.82, 2.24) is 30.2 Å². The van der Waals surface area contributed by atoms with Crippen LogP contribution in [0.3, 0.4) is 0 Å². The number of anilines is 1. The lowest BCUT2D eigenvalue weighted by atomic mass is 9.98. The lowest BCUT2D eigenvalue weighted by Crippen LogP contribution is -2.30. The summed E-state index contributed by atoms with van der Waals surface area (Å²) >= 11 is 0. The van der Waals surface area contributed by atoms with Gasteiger partial charge in [-0.15, -0.1) is 10.2 Å². The highest BCUT2D eigenvalue weighted by molar-refractivity contribution is 7.93. The summed E-state index contributed by atoms with van der Waals surface area (Å²) < 4.78 is 53.3. The highest BCUT2D eigenvalue weighted by atomic mass is 32.2. The molecule has 0 fully saturated rings. The monoisotopic (exact) mass is 507 g/mol. The number of nitrogens with one attached hydrogen (secondary N) is 1. The predicted molar refractivity (Wildman–Crippen MR) is 122 cm³/mol. The molecule has 0 aliphatic heterocycles. The number of para-hydroxylation sites is 1. The Kier molecular flexibility index (Phi) is 5.86. The van der Waals surface area contributed by atoms with Crippen LogP contribution in [0.5, 0.6) is 0 Å². The van der Waals surface area contributed by atoms with Gasteiger partial charge in [0.2, 0.25) is 21.8 Å². The van der Waals surface area contributed by atoms with Gasteiger partial charge in [0, 0.05) is 19.2 Å². The van der Waals surface area contributed by atoms with E-state index in [9.17, 15) is 21.9 Å². The molecule has 34 heavy (non-hydrogen) atoms. The molecule has 4 aromatic rings. The molecule has 0 amide bonds. The van der Waals surface area contributed by atoms with Crippen LogP contribution in [0.15, 0.2) is 40.1 Å². The minimum Gasteiger partial charge on any atom is -0.391 e. The Balaban J connectivity index is 2.14. The second-order valence-electron chi connectivity index (χ2n) is 7.47. The average molecular weight is 508 g/mol. The summed E-state index contributed by atoms with van der Waals surface area (Å²) in [6, 6.07) is 7.62. The summed E-state index contributed by atoms with van der Waals surface area (Å²) in [7, 11) is -7.31. The number of benzene rings is 2. The van der Waals surface area contributed by atoms with Gasteiger partial charge in [0.25, 0.3) is 0 Å². The van der Waals surface area contributed by atoms with Gasteiger partial charge in [-0.2, -0.15) is 5.21 Å². The summed E-state index contributed by atoms with van der Waals surface area (Å²) in [5.74, 6) is -0.815. The number of tetrazole rings is 1. The molecule has 2 aromatic carbocycles. The van der Waals surface area contributed by atoms with E-state index in [4.69, 9.17) is 16.6 Å². The van der Waals surface area contributed by atoms with Crippen LogP contribution in [0, 0.1) is 0 Å². The van der Waals surface area contributed by atoms with Crippen LogP contribution in [0.4, 0.5) is 5.95 Å². The molecule has 16 heteroatoms. The number of primary sulfonamides is 1. The molecule has 2 aromatic heterocycles. The SMILES string of the molecule is Cn1c(N)nc2c(-c3ccc(S(=O)(=O)C[C@@H](O)CN)c(S(N)(=O)=O)c3-c3nn[nH]n3)cccc21. The van der Waals surface area contributed by atoms with Gasteiger partial charge in [-0.3, -0.25) is 0 Å². The minimum atomic E-state index is -4.67. The molecule has 0 unspecified atom stereocenters. The molecular weight excluding hydrogens is 486 g/mol. The van der Waals surface area contributed by atoms with Crippen molar-refractivity contribution in [2.75, 3.05) is 18.0 Å². The number of sulfone groups is 1. The standard InChI is InChI=1S/C18H21N9O5S2/c1-27-12-4-2-3-11(15(12)22-18(27)20)10-5-6-13(33(29,30)8-9(28)7-19)16(34(21,31)32)14(10)17-23-25-26-24-17/h2-6,9,28H,7-8,19H2,1H3,(H2,20,22)(H2,21,31,32)(H,23,24,25,26)/t9-/m0/s1. The Morgan fingerprint density at radius 3 is 2.50 bits per heavy atom. The number of hydrogen-bond donors (Lipinski definition) is 5. The number of fused-ring (bicyclic) bond motifs is 1. The van der Waals surface area contributed by atoms with Crippen LogP contribution in [-0.4, -0.2) is 70.5 Å². The number of rotatable bonds is 7. The highest BCUT2D eigenvalue weighted by Gasteiger charge is 2.33. The summed E-state index contributed by atoms with van der Waals surface area (Å²) in [5, 5.41) is 28.8. The average Bonchev–Trinajstić information content (AvgIpc) is 3.40. The normalized spacial score (nSPS) is 13.4. The zero-order chi connectivity index (χ0) is 24.8. The number of sulfonamides is 1. The molecule has 14 nitrogen and oxygen atoms in total. The Labute approximate surface area is 193 Å². The topological polar surface area (TPSA) is 239 Å². The first-order chi connectivity index (χ1) is 16.0. The first-order valence-electron chi connectivity index (χ1n) is 9.71. The number of H-pyrrole nitrogens is 1. The molecule has 0 radical (unpaired) electrons. The summed E-state index contributed by atoms with van der Waals surface area (Å²) in [6.07, 6.45) is -1.42. The quantitative estimate of drug-likeness (QED) is 0.198. The number of hydrogen-bond acceptors (Lipinski definition) is 11. The van der Waals surface area contributed by atoms with Crippen molar-refractivity contribution < 1.29 is 21.9 Å². The van der Waals surface area contributed by atoms with Crippen LogP contribution in [0.25, 0.3) is 33.5 Å². The Morgan fingerprint density at radius 2 is 1.88 bits per heavy atom. The number of aryl methyl sites for hydroxylation is 1. The second kappa shape index (κ2) is 8.41. The van der Waals surface area contributed by atoms with Crippen molar-refractivity contribution in [1.29, 1.82) is 0 Å². The zero-order valence-electron chi connectivity index (χ0n) is 17.7. The first kappa shape index (κ1) is 23.7.